The maximum Gasteiger partial charge on any atom is 0.269 e. The van der Waals surface area contributed by atoms with Crippen molar-refractivity contribution in [3.05, 3.63) is 105 Å². The normalized spacial score (nSPS) is 16.5. The Bertz CT molecular complexity index is 1160. The number of carbonyl (C=O) groups excluding carboxylic acids is 1. The number of non-ortho nitro benzene ring substituents is 1. The van der Waals surface area contributed by atoms with Crippen molar-refractivity contribution >= 4 is 35.1 Å². The molecule has 1 atom stereocenters. The van der Waals surface area contributed by atoms with Gasteiger partial charge in [-0.3, -0.25) is 14.9 Å². The number of hydrogen-bond donors (Lipinski definition) is 2. The Morgan fingerprint density at radius 1 is 1.03 bits per heavy atom. The largest absolute Gasteiger partial charge is 0.489 e. The molecule has 33 heavy (non-hydrogen) atoms. The first-order valence-corrected chi connectivity index (χ1v) is 11.4. The molecule has 1 aliphatic rings. The molecule has 3 aromatic rings. The van der Waals surface area contributed by atoms with Crippen molar-refractivity contribution in [1.29, 1.82) is 0 Å². The Hall–Kier alpha value is -3.78. The Balaban J connectivity index is 1.32. The monoisotopic (exact) mass is 461 g/mol. The SMILES string of the molecule is CCc1ccc(N[C@H]2NC(=O)/C(=C/c3ccc(OCc4ccc([N+](=O)[O-])cc4)cc3)S2)cc1. The molecule has 0 aliphatic carbocycles. The molecule has 0 aromatic heterocycles. The highest BCUT2D eigenvalue weighted by molar-refractivity contribution is 8.05. The van der Waals surface area contributed by atoms with Crippen LogP contribution in [-0.4, -0.2) is 16.3 Å². The van der Waals surface area contributed by atoms with Gasteiger partial charge < -0.3 is 15.4 Å². The van der Waals surface area contributed by atoms with E-state index in [2.05, 4.69) is 29.7 Å². The molecule has 4 rings (SSSR count). The quantitative estimate of drug-likeness (QED) is 0.267. The van der Waals surface area contributed by atoms with Crippen LogP contribution < -0.4 is 15.4 Å². The van der Waals surface area contributed by atoms with Gasteiger partial charge in [-0.1, -0.05) is 43.0 Å². The van der Waals surface area contributed by atoms with Crippen molar-refractivity contribution in [2.45, 2.75) is 25.4 Å². The average molecular weight is 462 g/mol. The van der Waals surface area contributed by atoms with Gasteiger partial charge >= 0.3 is 0 Å². The molecule has 2 N–H and O–H groups in total. The molecule has 1 aliphatic heterocycles. The molecule has 8 heteroatoms. The zero-order valence-electron chi connectivity index (χ0n) is 18.0. The average Bonchev–Trinajstić information content (AvgIpc) is 3.17. The van der Waals surface area contributed by atoms with Crippen LogP contribution in [0, 0.1) is 10.1 Å². The van der Waals surface area contributed by atoms with E-state index in [9.17, 15) is 14.9 Å². The Labute approximate surface area is 196 Å². The molecular formula is C25H23N3O4S. The van der Waals surface area contributed by atoms with Crippen LogP contribution in [0.1, 0.15) is 23.6 Å². The summed E-state index contributed by atoms with van der Waals surface area (Å²) < 4.78 is 5.75. The standard InChI is InChI=1S/C25H23N3O4S/c1-2-17-3-9-20(10-4-17)26-25-27-24(29)23(33-25)15-18-7-13-22(14-8-18)32-16-19-5-11-21(12-6-19)28(30)31/h3-15,25-26H,2,16H2,1H3,(H,27,29)/b23-15-/t25-/m0/s1. The third-order valence-electron chi connectivity index (χ3n) is 5.12. The van der Waals surface area contributed by atoms with E-state index in [-0.39, 0.29) is 17.1 Å². The molecular weight excluding hydrogens is 438 g/mol. The first kappa shape index (κ1) is 22.4. The number of nitrogens with one attached hydrogen (secondary N) is 2. The van der Waals surface area contributed by atoms with Crippen molar-refractivity contribution in [3.63, 3.8) is 0 Å². The summed E-state index contributed by atoms with van der Waals surface area (Å²) in [7, 11) is 0. The molecule has 0 saturated carbocycles. The highest BCUT2D eigenvalue weighted by Gasteiger charge is 2.27. The Morgan fingerprint density at radius 2 is 1.70 bits per heavy atom. The van der Waals surface area contributed by atoms with Crippen LogP contribution >= 0.6 is 11.8 Å². The Kier molecular flexibility index (Phi) is 6.95. The maximum absolute atomic E-state index is 12.4. The second-order valence-electron chi connectivity index (χ2n) is 7.46. The van der Waals surface area contributed by atoms with Crippen molar-refractivity contribution in [2.75, 3.05) is 5.32 Å². The summed E-state index contributed by atoms with van der Waals surface area (Å²) in [6.07, 6.45) is 2.84. The molecule has 1 saturated heterocycles. The number of hydrogen-bond acceptors (Lipinski definition) is 6. The van der Waals surface area contributed by atoms with Gasteiger partial charge in [0.25, 0.3) is 11.6 Å². The first-order valence-electron chi connectivity index (χ1n) is 10.5. The number of nitro benzene ring substituents is 1. The number of carbonyl (C=O) groups is 1. The van der Waals surface area contributed by atoms with Crippen molar-refractivity contribution in [2.24, 2.45) is 0 Å². The molecule has 0 radical (unpaired) electrons. The van der Waals surface area contributed by atoms with Crippen LogP contribution in [0.3, 0.4) is 0 Å². The van der Waals surface area contributed by atoms with E-state index < -0.39 is 4.92 Å². The third kappa shape index (κ3) is 5.93. The fourth-order valence-corrected chi connectivity index (χ4v) is 4.23. The number of anilines is 1. The molecule has 168 valence electrons. The summed E-state index contributed by atoms with van der Waals surface area (Å²) >= 11 is 1.44. The molecule has 3 aromatic carbocycles. The topological polar surface area (TPSA) is 93.5 Å². The highest BCUT2D eigenvalue weighted by atomic mass is 32.2. The summed E-state index contributed by atoms with van der Waals surface area (Å²) in [5.74, 6) is 0.565. The summed E-state index contributed by atoms with van der Waals surface area (Å²) in [5, 5.41) is 17.0. The number of thioether (sulfide) groups is 1. The summed E-state index contributed by atoms with van der Waals surface area (Å²) in [6, 6.07) is 21.9. The number of nitrogens with zero attached hydrogens (tertiary/aromatic N) is 1. The van der Waals surface area contributed by atoms with Gasteiger partial charge in [0.2, 0.25) is 0 Å². The summed E-state index contributed by atoms with van der Waals surface area (Å²) in [6.45, 7) is 2.42. The predicted octanol–water partition coefficient (Wildman–Crippen LogP) is 5.34. The molecule has 0 unspecified atom stereocenters. The van der Waals surface area contributed by atoms with E-state index >= 15 is 0 Å². The molecule has 1 amide bonds. The smallest absolute Gasteiger partial charge is 0.269 e. The van der Waals surface area contributed by atoms with Gasteiger partial charge in [0, 0.05) is 17.8 Å². The van der Waals surface area contributed by atoms with E-state index in [1.54, 1.807) is 12.1 Å². The van der Waals surface area contributed by atoms with Crippen LogP contribution in [0.4, 0.5) is 11.4 Å². The second kappa shape index (κ2) is 10.2. The lowest BCUT2D eigenvalue weighted by Gasteiger charge is -2.12. The van der Waals surface area contributed by atoms with E-state index in [0.717, 1.165) is 23.2 Å². The van der Waals surface area contributed by atoms with Crippen LogP contribution in [0.2, 0.25) is 0 Å². The van der Waals surface area contributed by atoms with Crippen LogP contribution in [-0.2, 0) is 17.8 Å². The van der Waals surface area contributed by atoms with Crippen molar-refractivity contribution in [3.8, 4) is 5.75 Å². The van der Waals surface area contributed by atoms with Gasteiger partial charge in [-0.15, -0.1) is 0 Å². The number of rotatable bonds is 8. The lowest BCUT2D eigenvalue weighted by Crippen LogP contribution is -2.30. The number of aryl methyl sites for hydroxylation is 1. The molecule has 7 nitrogen and oxygen atoms in total. The third-order valence-corrected chi connectivity index (χ3v) is 6.15. The minimum Gasteiger partial charge on any atom is -0.489 e. The van der Waals surface area contributed by atoms with Gasteiger partial charge in [0.05, 0.1) is 9.83 Å². The van der Waals surface area contributed by atoms with Crippen molar-refractivity contribution in [1.82, 2.24) is 5.32 Å². The van der Waals surface area contributed by atoms with Gasteiger partial charge in [-0.25, -0.2) is 0 Å². The van der Waals surface area contributed by atoms with Crippen molar-refractivity contribution < 1.29 is 14.5 Å². The molecule has 1 fully saturated rings. The summed E-state index contributed by atoms with van der Waals surface area (Å²) in [4.78, 5) is 23.3. The minimum absolute atomic E-state index is 0.0526. The van der Waals surface area contributed by atoms with Crippen LogP contribution in [0.15, 0.2) is 77.7 Å². The minimum atomic E-state index is -0.428. The molecule has 0 bridgehead atoms. The fraction of sp³-hybridized carbons (Fsp3) is 0.160. The van der Waals surface area contributed by atoms with Gasteiger partial charge in [0.15, 0.2) is 5.50 Å². The van der Waals surface area contributed by atoms with E-state index in [1.165, 1.54) is 29.5 Å². The second-order valence-corrected chi connectivity index (χ2v) is 8.60. The van der Waals surface area contributed by atoms with Crippen LogP contribution in [0.25, 0.3) is 6.08 Å². The molecule has 1 heterocycles. The summed E-state index contributed by atoms with van der Waals surface area (Å²) in [5.41, 5.74) is 3.79. The number of benzene rings is 3. The van der Waals surface area contributed by atoms with Gasteiger partial charge in [0.1, 0.15) is 12.4 Å². The van der Waals surface area contributed by atoms with Gasteiger partial charge in [-0.2, -0.15) is 0 Å². The Morgan fingerprint density at radius 3 is 2.33 bits per heavy atom. The van der Waals surface area contributed by atoms with E-state index in [0.29, 0.717) is 17.3 Å². The van der Waals surface area contributed by atoms with E-state index in [1.807, 2.05) is 42.5 Å². The van der Waals surface area contributed by atoms with Crippen LogP contribution in [0.5, 0.6) is 5.75 Å². The van der Waals surface area contributed by atoms with Gasteiger partial charge in [-0.05, 0) is 65.6 Å². The lowest BCUT2D eigenvalue weighted by molar-refractivity contribution is -0.384. The lowest BCUT2D eigenvalue weighted by atomic mass is 10.1. The number of amides is 1. The predicted molar refractivity (Wildman–Crippen MR) is 131 cm³/mol. The maximum atomic E-state index is 12.4. The fourth-order valence-electron chi connectivity index (χ4n) is 3.25. The zero-order chi connectivity index (χ0) is 23.2. The molecule has 0 spiro atoms. The number of nitro groups is 1. The zero-order valence-corrected chi connectivity index (χ0v) is 18.8. The number of ether oxygens (including phenoxy) is 1. The van der Waals surface area contributed by atoms with E-state index in [4.69, 9.17) is 4.74 Å². The first-order chi connectivity index (χ1) is 16.0. The highest BCUT2D eigenvalue weighted by Crippen LogP contribution is 2.30.